The Labute approximate surface area is 68.8 Å². The number of nitriles is 1. The molecule has 0 aliphatic heterocycles. The van der Waals surface area contributed by atoms with Crippen molar-refractivity contribution in [2.24, 2.45) is 0 Å². The minimum absolute atomic E-state index is 0.108. The van der Waals surface area contributed by atoms with Crippen molar-refractivity contribution in [3.8, 4) is 6.07 Å². The van der Waals surface area contributed by atoms with E-state index in [0.29, 0.717) is 4.90 Å². The second-order valence-electron chi connectivity index (χ2n) is 1.93. The minimum Gasteiger partial charge on any atom is -0.204 e. The molecule has 0 saturated heterocycles. The highest BCUT2D eigenvalue weighted by Gasteiger charge is 2.04. The molecular formula is C8H6FNS. The van der Waals surface area contributed by atoms with Gasteiger partial charge in [-0.25, -0.2) is 4.39 Å². The number of rotatable bonds is 1. The van der Waals surface area contributed by atoms with E-state index in [-0.39, 0.29) is 5.56 Å². The van der Waals surface area contributed by atoms with E-state index in [2.05, 4.69) is 0 Å². The van der Waals surface area contributed by atoms with Crippen LogP contribution in [0.5, 0.6) is 0 Å². The van der Waals surface area contributed by atoms with E-state index in [1.165, 1.54) is 17.8 Å². The van der Waals surface area contributed by atoms with Crippen molar-refractivity contribution in [2.75, 3.05) is 6.26 Å². The van der Waals surface area contributed by atoms with E-state index in [9.17, 15) is 4.39 Å². The number of nitrogens with zero attached hydrogens (tertiary/aromatic N) is 1. The van der Waals surface area contributed by atoms with Gasteiger partial charge in [0.15, 0.2) is 5.82 Å². The molecule has 0 aromatic heterocycles. The van der Waals surface area contributed by atoms with Gasteiger partial charge in [-0.2, -0.15) is 5.26 Å². The van der Waals surface area contributed by atoms with Gasteiger partial charge < -0.3 is 0 Å². The summed E-state index contributed by atoms with van der Waals surface area (Å²) in [4.78, 5) is 0.518. The van der Waals surface area contributed by atoms with E-state index in [1.807, 2.05) is 0 Å². The highest BCUT2D eigenvalue weighted by atomic mass is 32.2. The van der Waals surface area contributed by atoms with Gasteiger partial charge >= 0.3 is 0 Å². The number of hydrogen-bond acceptors (Lipinski definition) is 2. The molecule has 0 spiro atoms. The fraction of sp³-hybridized carbons (Fsp3) is 0.125. The van der Waals surface area contributed by atoms with Crippen LogP contribution in [-0.2, 0) is 0 Å². The van der Waals surface area contributed by atoms with E-state index in [1.54, 1.807) is 24.5 Å². The molecule has 0 aliphatic rings. The third-order valence-corrected chi connectivity index (χ3v) is 2.06. The first-order valence-electron chi connectivity index (χ1n) is 3.02. The fourth-order valence-electron chi connectivity index (χ4n) is 0.755. The first-order valence-corrected chi connectivity index (χ1v) is 4.24. The van der Waals surface area contributed by atoms with Crippen molar-refractivity contribution in [2.45, 2.75) is 4.90 Å². The Kier molecular flexibility index (Phi) is 2.50. The van der Waals surface area contributed by atoms with Crippen molar-refractivity contribution in [3.05, 3.63) is 29.6 Å². The highest BCUT2D eigenvalue weighted by molar-refractivity contribution is 7.98. The zero-order valence-corrected chi connectivity index (χ0v) is 6.78. The molecule has 1 aromatic rings. The third kappa shape index (κ3) is 1.52. The summed E-state index contributed by atoms with van der Waals surface area (Å²) in [6.45, 7) is 0. The predicted molar refractivity (Wildman–Crippen MR) is 42.9 cm³/mol. The smallest absolute Gasteiger partial charge is 0.154 e. The molecule has 0 saturated carbocycles. The van der Waals surface area contributed by atoms with Crippen molar-refractivity contribution in [1.29, 1.82) is 5.26 Å². The second-order valence-corrected chi connectivity index (χ2v) is 2.78. The summed E-state index contributed by atoms with van der Waals surface area (Å²) in [5.74, 6) is -0.414. The first kappa shape index (κ1) is 8.09. The Morgan fingerprint density at radius 3 is 2.82 bits per heavy atom. The molecule has 0 amide bonds. The summed E-state index contributed by atoms with van der Waals surface area (Å²) in [6, 6.07) is 6.58. The maximum Gasteiger partial charge on any atom is 0.154 e. The molecule has 1 rings (SSSR count). The van der Waals surface area contributed by atoms with Gasteiger partial charge in [0.1, 0.15) is 6.07 Å². The van der Waals surface area contributed by atoms with Crippen LogP contribution in [-0.4, -0.2) is 6.26 Å². The molecule has 0 bridgehead atoms. The predicted octanol–water partition coefficient (Wildman–Crippen LogP) is 2.42. The number of thioether (sulfide) groups is 1. The van der Waals surface area contributed by atoms with E-state index in [0.717, 1.165) is 0 Å². The van der Waals surface area contributed by atoms with Crippen LogP contribution in [0.15, 0.2) is 23.1 Å². The largest absolute Gasteiger partial charge is 0.204 e. The standard InChI is InChI=1S/C8H6FNS/c1-11-7-4-2-3-6(5-10)8(7)9/h2-4H,1H3. The Bertz CT molecular complexity index is 303. The fourth-order valence-corrected chi connectivity index (χ4v) is 1.26. The van der Waals surface area contributed by atoms with Crippen molar-refractivity contribution in [3.63, 3.8) is 0 Å². The summed E-state index contributed by atoms with van der Waals surface area (Å²) < 4.78 is 13.0. The molecule has 0 aliphatic carbocycles. The van der Waals surface area contributed by atoms with Gasteiger partial charge in [0.2, 0.25) is 0 Å². The van der Waals surface area contributed by atoms with Gasteiger partial charge in [-0.1, -0.05) is 6.07 Å². The molecule has 11 heavy (non-hydrogen) atoms. The van der Waals surface area contributed by atoms with Crippen LogP contribution in [0.1, 0.15) is 5.56 Å². The monoisotopic (exact) mass is 167 g/mol. The molecule has 1 aromatic carbocycles. The summed E-state index contributed by atoms with van der Waals surface area (Å²) >= 11 is 1.30. The number of hydrogen-bond donors (Lipinski definition) is 0. The Balaban J connectivity index is 3.23. The lowest BCUT2D eigenvalue weighted by atomic mass is 10.2. The summed E-state index contributed by atoms with van der Waals surface area (Å²) in [5.41, 5.74) is 0.108. The van der Waals surface area contributed by atoms with Gasteiger partial charge in [-0.15, -0.1) is 11.8 Å². The van der Waals surface area contributed by atoms with Gasteiger partial charge in [0.25, 0.3) is 0 Å². The van der Waals surface area contributed by atoms with Gasteiger partial charge in [-0.3, -0.25) is 0 Å². The van der Waals surface area contributed by atoms with Gasteiger partial charge in [0, 0.05) is 4.90 Å². The summed E-state index contributed by atoms with van der Waals surface area (Å²) in [6.07, 6.45) is 1.78. The van der Waals surface area contributed by atoms with E-state index >= 15 is 0 Å². The topological polar surface area (TPSA) is 23.8 Å². The third-order valence-electron chi connectivity index (χ3n) is 1.30. The molecule has 0 heterocycles. The minimum atomic E-state index is -0.414. The van der Waals surface area contributed by atoms with Gasteiger partial charge in [0.05, 0.1) is 5.56 Å². The van der Waals surface area contributed by atoms with Crippen LogP contribution >= 0.6 is 11.8 Å². The highest BCUT2D eigenvalue weighted by Crippen LogP contribution is 2.20. The maximum atomic E-state index is 13.0. The van der Waals surface area contributed by atoms with E-state index in [4.69, 9.17) is 5.26 Å². The maximum absolute atomic E-state index is 13.0. The van der Waals surface area contributed by atoms with Crippen LogP contribution in [0.4, 0.5) is 4.39 Å². The van der Waals surface area contributed by atoms with Gasteiger partial charge in [-0.05, 0) is 18.4 Å². The Morgan fingerprint density at radius 2 is 2.27 bits per heavy atom. The lowest BCUT2D eigenvalue weighted by Crippen LogP contribution is -1.85. The zero-order valence-electron chi connectivity index (χ0n) is 5.97. The molecular weight excluding hydrogens is 161 g/mol. The summed E-state index contributed by atoms with van der Waals surface area (Å²) in [7, 11) is 0. The SMILES string of the molecule is CSc1cccc(C#N)c1F. The molecule has 0 radical (unpaired) electrons. The van der Waals surface area contributed by atoms with Crippen LogP contribution < -0.4 is 0 Å². The Hall–Kier alpha value is -1.01. The molecule has 0 N–H and O–H groups in total. The molecule has 0 unspecified atom stereocenters. The number of halogens is 1. The van der Waals surface area contributed by atoms with Crippen LogP contribution in [0.2, 0.25) is 0 Å². The molecule has 3 heteroatoms. The summed E-state index contributed by atoms with van der Waals surface area (Å²) in [5, 5.41) is 8.44. The quantitative estimate of drug-likeness (QED) is 0.600. The average Bonchev–Trinajstić information content (AvgIpc) is 2.05. The lowest BCUT2D eigenvalue weighted by molar-refractivity contribution is 0.598. The van der Waals surface area contributed by atoms with Crippen molar-refractivity contribution < 1.29 is 4.39 Å². The van der Waals surface area contributed by atoms with Crippen molar-refractivity contribution >= 4 is 11.8 Å². The van der Waals surface area contributed by atoms with Crippen LogP contribution in [0.3, 0.4) is 0 Å². The molecule has 1 nitrogen and oxygen atoms in total. The molecule has 0 fully saturated rings. The molecule has 0 atom stereocenters. The van der Waals surface area contributed by atoms with Crippen molar-refractivity contribution in [1.82, 2.24) is 0 Å². The second kappa shape index (κ2) is 3.40. The average molecular weight is 167 g/mol. The first-order chi connectivity index (χ1) is 5.29. The van der Waals surface area contributed by atoms with E-state index < -0.39 is 5.82 Å². The number of benzene rings is 1. The van der Waals surface area contributed by atoms with Crippen LogP contribution in [0.25, 0.3) is 0 Å². The molecule has 56 valence electrons. The van der Waals surface area contributed by atoms with Crippen LogP contribution in [0, 0.1) is 17.1 Å². The Morgan fingerprint density at radius 1 is 1.55 bits per heavy atom. The zero-order chi connectivity index (χ0) is 8.27. The normalized spacial score (nSPS) is 9.18. The lowest BCUT2D eigenvalue weighted by Gasteiger charge is -1.98.